The van der Waals surface area contributed by atoms with Gasteiger partial charge in [-0.1, -0.05) is 360 Å². The lowest BCUT2D eigenvalue weighted by Crippen LogP contribution is -2.30. The van der Waals surface area contributed by atoms with Gasteiger partial charge in [0, 0.05) is 19.3 Å². The molecule has 0 amide bonds. The first-order chi connectivity index (χ1) is 38.0. The van der Waals surface area contributed by atoms with Crippen LogP contribution in [0.4, 0.5) is 0 Å². The second-order valence-corrected chi connectivity index (χ2v) is 24.2. The second-order valence-electron chi connectivity index (χ2n) is 24.2. The van der Waals surface area contributed by atoms with Crippen molar-refractivity contribution in [1.29, 1.82) is 0 Å². The van der Waals surface area contributed by atoms with Gasteiger partial charge in [0.2, 0.25) is 0 Å². The highest BCUT2D eigenvalue weighted by Crippen LogP contribution is 2.19. The third-order valence-electron chi connectivity index (χ3n) is 16.3. The van der Waals surface area contributed by atoms with Gasteiger partial charge in [-0.15, -0.1) is 0 Å². The van der Waals surface area contributed by atoms with Gasteiger partial charge in [0.15, 0.2) is 6.10 Å². The third-order valence-corrected chi connectivity index (χ3v) is 16.3. The first-order valence-electron chi connectivity index (χ1n) is 35.2. The number of carbonyl (C=O) groups is 3. The minimum atomic E-state index is -0.769. The van der Waals surface area contributed by atoms with Crippen LogP contribution in [0.3, 0.4) is 0 Å². The Morgan fingerprint density at radius 1 is 0.247 bits per heavy atom. The lowest BCUT2D eigenvalue weighted by atomic mass is 10.0. The van der Waals surface area contributed by atoms with E-state index in [2.05, 4.69) is 32.9 Å². The summed E-state index contributed by atoms with van der Waals surface area (Å²) in [6, 6.07) is 0. The Labute approximate surface area is 481 Å². The highest BCUT2D eigenvalue weighted by atomic mass is 16.6. The summed E-state index contributed by atoms with van der Waals surface area (Å²) >= 11 is 0. The molecule has 0 spiro atoms. The van der Waals surface area contributed by atoms with E-state index >= 15 is 0 Å². The van der Waals surface area contributed by atoms with Gasteiger partial charge in [0.05, 0.1) is 0 Å². The van der Waals surface area contributed by atoms with Crippen molar-refractivity contribution in [3.8, 4) is 0 Å². The zero-order valence-corrected chi connectivity index (χ0v) is 52.5. The average Bonchev–Trinajstić information content (AvgIpc) is 3.43. The van der Waals surface area contributed by atoms with E-state index < -0.39 is 6.10 Å². The Morgan fingerprint density at radius 3 is 0.688 bits per heavy atom. The minimum Gasteiger partial charge on any atom is -0.462 e. The molecular formula is C71H136O6. The highest BCUT2D eigenvalue weighted by Gasteiger charge is 2.19. The lowest BCUT2D eigenvalue weighted by molar-refractivity contribution is -0.167. The van der Waals surface area contributed by atoms with Crippen LogP contribution in [0.25, 0.3) is 0 Å². The molecule has 0 aliphatic heterocycles. The fourth-order valence-corrected chi connectivity index (χ4v) is 11.0. The van der Waals surface area contributed by atoms with Gasteiger partial charge in [-0.2, -0.15) is 0 Å². The molecule has 1 atom stereocenters. The van der Waals surface area contributed by atoms with Crippen molar-refractivity contribution in [2.24, 2.45) is 0 Å². The molecule has 0 saturated carbocycles. The van der Waals surface area contributed by atoms with Crippen molar-refractivity contribution < 1.29 is 28.6 Å². The fraction of sp³-hybridized carbons (Fsp3) is 0.930. The maximum atomic E-state index is 12.9. The number of hydrogen-bond donors (Lipinski definition) is 0. The van der Waals surface area contributed by atoms with Crippen molar-refractivity contribution in [3.63, 3.8) is 0 Å². The van der Waals surface area contributed by atoms with E-state index in [1.807, 2.05) is 0 Å². The van der Waals surface area contributed by atoms with Crippen LogP contribution in [0.15, 0.2) is 12.2 Å². The van der Waals surface area contributed by atoms with Crippen molar-refractivity contribution >= 4 is 17.9 Å². The first kappa shape index (κ1) is 75.2. The first-order valence-corrected chi connectivity index (χ1v) is 35.2. The van der Waals surface area contributed by atoms with E-state index in [1.165, 1.54) is 302 Å². The van der Waals surface area contributed by atoms with Crippen molar-refractivity contribution in [3.05, 3.63) is 12.2 Å². The summed E-state index contributed by atoms with van der Waals surface area (Å²) in [7, 11) is 0. The van der Waals surface area contributed by atoms with Crippen LogP contribution in [0.5, 0.6) is 0 Å². The molecule has 77 heavy (non-hydrogen) atoms. The number of esters is 3. The Kier molecular flexibility index (Phi) is 65.1. The molecule has 0 aromatic rings. The molecule has 1 unspecified atom stereocenters. The van der Waals surface area contributed by atoms with Crippen molar-refractivity contribution in [2.45, 2.75) is 412 Å². The molecule has 0 aliphatic rings. The SMILES string of the molecule is CCCC/C=C\CCCCCCCC(=O)OCC(COC(=O)CCCCCCCCCCCCCCCCCCCCCCCCCC)OC(=O)CCCCCCCCCCCCCCCCCCCCCCCCCC. The molecule has 0 aromatic heterocycles. The Morgan fingerprint density at radius 2 is 0.442 bits per heavy atom. The number of hydrogen-bond acceptors (Lipinski definition) is 6. The smallest absolute Gasteiger partial charge is 0.306 e. The van der Waals surface area contributed by atoms with Gasteiger partial charge in [-0.05, 0) is 38.5 Å². The van der Waals surface area contributed by atoms with E-state index in [4.69, 9.17) is 14.2 Å². The van der Waals surface area contributed by atoms with E-state index in [-0.39, 0.29) is 31.1 Å². The van der Waals surface area contributed by atoms with Gasteiger partial charge in [0.1, 0.15) is 13.2 Å². The number of unbranched alkanes of at least 4 members (excludes halogenated alkanes) is 53. The van der Waals surface area contributed by atoms with Gasteiger partial charge in [-0.25, -0.2) is 0 Å². The maximum Gasteiger partial charge on any atom is 0.306 e. The van der Waals surface area contributed by atoms with Crippen LogP contribution >= 0.6 is 0 Å². The van der Waals surface area contributed by atoms with Crippen LogP contribution in [0, 0.1) is 0 Å². The van der Waals surface area contributed by atoms with Crippen molar-refractivity contribution in [1.82, 2.24) is 0 Å². The molecule has 0 aliphatic carbocycles. The van der Waals surface area contributed by atoms with Crippen LogP contribution in [0.2, 0.25) is 0 Å². The van der Waals surface area contributed by atoms with Crippen LogP contribution in [0.1, 0.15) is 406 Å². The molecule has 0 rings (SSSR count). The summed E-state index contributed by atoms with van der Waals surface area (Å²) in [5.41, 5.74) is 0. The number of rotatable bonds is 66. The standard InChI is InChI=1S/C71H136O6/c1-4-7-10-13-16-19-22-24-26-28-30-32-34-36-38-40-42-44-46-49-52-55-58-61-64-70(73)76-67-68(66-75-69(72)63-60-57-54-51-48-21-18-15-12-9-6-3)77-71(74)65-62-59-56-53-50-47-45-43-41-39-37-35-33-31-29-27-25-23-20-17-14-11-8-5-2/h15,18,68H,4-14,16-17,19-67H2,1-3H3/b18-15-. The maximum absolute atomic E-state index is 12.9. The fourth-order valence-electron chi connectivity index (χ4n) is 11.0. The lowest BCUT2D eigenvalue weighted by Gasteiger charge is -2.18. The van der Waals surface area contributed by atoms with E-state index in [0.717, 1.165) is 64.2 Å². The Balaban J connectivity index is 4.15. The third kappa shape index (κ3) is 64.9. The average molecular weight is 1090 g/mol. The molecule has 0 bridgehead atoms. The monoisotopic (exact) mass is 1090 g/mol. The summed E-state index contributed by atoms with van der Waals surface area (Å²) in [6.45, 7) is 6.69. The van der Waals surface area contributed by atoms with E-state index in [0.29, 0.717) is 19.3 Å². The minimum absolute atomic E-state index is 0.0659. The molecule has 6 heteroatoms. The summed E-state index contributed by atoms with van der Waals surface area (Å²) in [5, 5.41) is 0. The number of allylic oxidation sites excluding steroid dienone is 2. The second kappa shape index (κ2) is 66.7. The molecule has 0 N–H and O–H groups in total. The Bertz CT molecular complexity index is 1200. The van der Waals surface area contributed by atoms with Crippen LogP contribution in [-0.2, 0) is 28.6 Å². The molecular weight excluding hydrogens is 949 g/mol. The number of carbonyl (C=O) groups excluding carboxylic acids is 3. The molecule has 0 aromatic carbocycles. The zero-order chi connectivity index (χ0) is 55.7. The molecule has 0 heterocycles. The van der Waals surface area contributed by atoms with Gasteiger partial charge in [-0.3, -0.25) is 14.4 Å². The number of ether oxygens (including phenoxy) is 3. The predicted molar refractivity (Wildman–Crippen MR) is 335 cm³/mol. The predicted octanol–water partition coefficient (Wildman–Crippen LogP) is 24.0. The Hall–Kier alpha value is -1.85. The molecule has 0 fully saturated rings. The quantitative estimate of drug-likeness (QED) is 0.0261. The molecule has 456 valence electrons. The largest absolute Gasteiger partial charge is 0.462 e. The molecule has 6 nitrogen and oxygen atoms in total. The highest BCUT2D eigenvalue weighted by molar-refractivity contribution is 5.71. The summed E-state index contributed by atoms with van der Waals surface area (Å²) in [5.74, 6) is -0.842. The molecule has 0 radical (unpaired) electrons. The van der Waals surface area contributed by atoms with Gasteiger partial charge >= 0.3 is 17.9 Å². The van der Waals surface area contributed by atoms with Crippen LogP contribution < -0.4 is 0 Å². The molecule has 0 saturated heterocycles. The van der Waals surface area contributed by atoms with E-state index in [1.54, 1.807) is 0 Å². The van der Waals surface area contributed by atoms with E-state index in [9.17, 15) is 14.4 Å². The summed E-state index contributed by atoms with van der Waals surface area (Å²) < 4.78 is 17.0. The topological polar surface area (TPSA) is 78.9 Å². The van der Waals surface area contributed by atoms with Gasteiger partial charge < -0.3 is 14.2 Å². The van der Waals surface area contributed by atoms with Gasteiger partial charge in [0.25, 0.3) is 0 Å². The normalized spacial score (nSPS) is 12.0. The summed E-state index contributed by atoms with van der Waals surface area (Å²) in [6.07, 6.45) is 79.7. The van der Waals surface area contributed by atoms with Crippen molar-refractivity contribution in [2.75, 3.05) is 13.2 Å². The summed E-state index contributed by atoms with van der Waals surface area (Å²) in [4.78, 5) is 38.3. The van der Waals surface area contributed by atoms with Crippen LogP contribution in [-0.4, -0.2) is 37.2 Å². The zero-order valence-electron chi connectivity index (χ0n) is 52.5.